The number of ether oxygens (including phenoxy) is 1. The Balaban J connectivity index is 1.27. The van der Waals surface area contributed by atoms with Crippen molar-refractivity contribution in [2.75, 3.05) is 62.3 Å². The maximum atomic E-state index is 13.2. The molecule has 0 amide bonds. The van der Waals surface area contributed by atoms with Gasteiger partial charge in [0.15, 0.2) is 5.89 Å². The average molecular weight is 485 g/mol. The van der Waals surface area contributed by atoms with Crippen LogP contribution in [-0.2, 0) is 14.8 Å². The van der Waals surface area contributed by atoms with Gasteiger partial charge in [0.25, 0.3) is 0 Å². The largest absolute Gasteiger partial charge is 0.449 e. The summed E-state index contributed by atoms with van der Waals surface area (Å²) in [7, 11) is -3.59. The minimum atomic E-state index is -3.59. The Morgan fingerprint density at radius 3 is 2.21 bits per heavy atom. The van der Waals surface area contributed by atoms with Gasteiger partial charge in [-0.15, -0.1) is 0 Å². The molecule has 34 heavy (non-hydrogen) atoms. The molecular formula is C23H28N6O4S. The summed E-state index contributed by atoms with van der Waals surface area (Å²) in [5.74, 6) is 2.10. The van der Waals surface area contributed by atoms with Crippen LogP contribution < -0.4 is 9.80 Å². The molecule has 2 aromatic heterocycles. The Morgan fingerprint density at radius 2 is 1.56 bits per heavy atom. The number of morpholine rings is 1. The zero-order chi connectivity index (χ0) is 23.7. The lowest BCUT2D eigenvalue weighted by Crippen LogP contribution is -2.49. The molecule has 2 aliphatic heterocycles. The van der Waals surface area contributed by atoms with Gasteiger partial charge in [0.05, 0.1) is 18.1 Å². The Hall–Kier alpha value is -3.02. The fourth-order valence-electron chi connectivity index (χ4n) is 4.20. The van der Waals surface area contributed by atoms with Gasteiger partial charge in [0.1, 0.15) is 17.8 Å². The van der Waals surface area contributed by atoms with Crippen LogP contribution in [0.3, 0.4) is 0 Å². The minimum Gasteiger partial charge on any atom is -0.449 e. The number of oxazole rings is 1. The second-order valence-electron chi connectivity index (χ2n) is 8.43. The molecule has 0 unspecified atom stereocenters. The van der Waals surface area contributed by atoms with Gasteiger partial charge in [-0.2, -0.15) is 9.29 Å². The van der Waals surface area contributed by atoms with Crippen LogP contribution in [0.15, 0.2) is 45.9 Å². The molecule has 2 aliphatic rings. The molecule has 3 aromatic rings. The highest BCUT2D eigenvalue weighted by molar-refractivity contribution is 7.89. The van der Waals surface area contributed by atoms with E-state index in [1.165, 1.54) is 4.31 Å². The summed E-state index contributed by atoms with van der Waals surface area (Å²) in [5.41, 5.74) is 2.39. The first-order valence-electron chi connectivity index (χ1n) is 11.4. The third-order valence-electron chi connectivity index (χ3n) is 6.09. The third-order valence-corrected chi connectivity index (χ3v) is 8.01. The predicted molar refractivity (Wildman–Crippen MR) is 127 cm³/mol. The molecule has 2 saturated heterocycles. The molecule has 0 spiro atoms. The van der Waals surface area contributed by atoms with E-state index in [0.717, 1.165) is 30.2 Å². The lowest BCUT2D eigenvalue weighted by molar-refractivity contribution is 0.122. The molecule has 2 fully saturated rings. The number of anilines is 2. The van der Waals surface area contributed by atoms with E-state index in [0.29, 0.717) is 56.9 Å². The van der Waals surface area contributed by atoms with Gasteiger partial charge in [-0.05, 0) is 19.1 Å². The van der Waals surface area contributed by atoms with E-state index < -0.39 is 10.0 Å². The zero-order valence-electron chi connectivity index (χ0n) is 19.3. The number of aryl methyl sites for hydroxylation is 2. The Labute approximate surface area is 199 Å². The monoisotopic (exact) mass is 484 g/mol. The van der Waals surface area contributed by atoms with Gasteiger partial charge in [-0.3, -0.25) is 0 Å². The molecule has 0 atom stereocenters. The number of piperazine rings is 1. The summed E-state index contributed by atoms with van der Waals surface area (Å²) in [6, 6.07) is 8.75. The Morgan fingerprint density at radius 1 is 0.853 bits per heavy atom. The summed E-state index contributed by atoms with van der Waals surface area (Å²) < 4.78 is 38.7. The van der Waals surface area contributed by atoms with E-state index in [9.17, 15) is 8.42 Å². The highest BCUT2D eigenvalue weighted by Crippen LogP contribution is 2.25. The lowest BCUT2D eigenvalue weighted by Gasteiger charge is -2.35. The molecular weight excluding hydrogens is 456 g/mol. The standard InChI is InChI=1S/C23H28N6O4S/c1-17-15-22(27-11-13-32-14-12-27)26-23(24-17)28-7-9-29(10-8-28)34(30,31)20-5-3-19(4-6-20)21-16-33-18(2)25-21/h3-6,15-16H,7-14H2,1-2H3. The fourth-order valence-corrected chi connectivity index (χ4v) is 5.63. The van der Waals surface area contributed by atoms with Crippen LogP contribution >= 0.6 is 0 Å². The number of nitrogens with zero attached hydrogens (tertiary/aromatic N) is 6. The van der Waals surface area contributed by atoms with Crippen molar-refractivity contribution in [2.24, 2.45) is 0 Å². The number of hydrogen-bond acceptors (Lipinski definition) is 9. The smallest absolute Gasteiger partial charge is 0.243 e. The normalized spacial score (nSPS) is 17.8. The van der Waals surface area contributed by atoms with Crippen molar-refractivity contribution in [2.45, 2.75) is 18.7 Å². The summed E-state index contributed by atoms with van der Waals surface area (Å²) in [6.07, 6.45) is 1.57. The topological polar surface area (TPSA) is 105 Å². The highest BCUT2D eigenvalue weighted by Gasteiger charge is 2.30. The maximum Gasteiger partial charge on any atom is 0.243 e. The van der Waals surface area contributed by atoms with E-state index >= 15 is 0 Å². The van der Waals surface area contributed by atoms with E-state index in [1.807, 2.05) is 13.0 Å². The van der Waals surface area contributed by atoms with Crippen molar-refractivity contribution in [1.82, 2.24) is 19.3 Å². The number of aromatic nitrogens is 3. The Kier molecular flexibility index (Phi) is 6.24. The second-order valence-corrected chi connectivity index (χ2v) is 10.4. The number of sulfonamides is 1. The van der Waals surface area contributed by atoms with Gasteiger partial charge in [-0.25, -0.2) is 18.4 Å². The fraction of sp³-hybridized carbons (Fsp3) is 0.435. The lowest BCUT2D eigenvalue weighted by atomic mass is 10.2. The van der Waals surface area contributed by atoms with Crippen LogP contribution in [0, 0.1) is 13.8 Å². The molecule has 0 N–H and O–H groups in total. The molecule has 0 saturated carbocycles. The van der Waals surface area contributed by atoms with Crippen LogP contribution in [-0.4, -0.2) is 80.2 Å². The average Bonchev–Trinajstić information content (AvgIpc) is 3.30. The quantitative estimate of drug-likeness (QED) is 0.538. The van der Waals surface area contributed by atoms with E-state index in [2.05, 4.69) is 19.8 Å². The molecule has 0 radical (unpaired) electrons. The van der Waals surface area contributed by atoms with E-state index in [1.54, 1.807) is 37.5 Å². The number of hydrogen-bond donors (Lipinski definition) is 0. The molecule has 0 aliphatic carbocycles. The number of benzene rings is 1. The highest BCUT2D eigenvalue weighted by atomic mass is 32.2. The second kappa shape index (κ2) is 9.32. The third kappa shape index (κ3) is 4.63. The van der Waals surface area contributed by atoms with E-state index in [4.69, 9.17) is 14.1 Å². The Bertz CT molecular complexity index is 1250. The predicted octanol–water partition coefficient (Wildman–Crippen LogP) is 2.10. The zero-order valence-corrected chi connectivity index (χ0v) is 20.2. The molecule has 180 valence electrons. The SMILES string of the molecule is Cc1cc(N2CCOCC2)nc(N2CCN(S(=O)(=O)c3ccc(-c4coc(C)n4)cc3)CC2)n1. The van der Waals surface area contributed by atoms with Gasteiger partial charge < -0.3 is 19.0 Å². The summed E-state index contributed by atoms with van der Waals surface area (Å²) in [6.45, 7) is 8.51. The van der Waals surface area contributed by atoms with E-state index in [-0.39, 0.29) is 4.90 Å². The van der Waals surface area contributed by atoms with Crippen LogP contribution in [0.4, 0.5) is 11.8 Å². The first-order chi connectivity index (χ1) is 16.4. The summed E-state index contributed by atoms with van der Waals surface area (Å²) in [5, 5.41) is 0. The van der Waals surface area contributed by atoms with Crippen molar-refractivity contribution in [3.63, 3.8) is 0 Å². The van der Waals surface area contributed by atoms with Crippen molar-refractivity contribution in [3.8, 4) is 11.3 Å². The van der Waals surface area contributed by atoms with Gasteiger partial charge in [0.2, 0.25) is 16.0 Å². The van der Waals surface area contributed by atoms with Gasteiger partial charge in [0, 0.05) is 63.5 Å². The van der Waals surface area contributed by atoms with Crippen LogP contribution in [0.5, 0.6) is 0 Å². The van der Waals surface area contributed by atoms with Crippen molar-refractivity contribution in [3.05, 3.63) is 48.2 Å². The van der Waals surface area contributed by atoms with Crippen LogP contribution in [0.25, 0.3) is 11.3 Å². The first kappa shape index (κ1) is 22.8. The molecule has 11 heteroatoms. The van der Waals surface area contributed by atoms with Gasteiger partial charge >= 0.3 is 0 Å². The molecule has 5 rings (SSSR count). The summed E-state index contributed by atoms with van der Waals surface area (Å²) >= 11 is 0. The van der Waals surface area contributed by atoms with Crippen molar-refractivity contribution >= 4 is 21.8 Å². The summed E-state index contributed by atoms with van der Waals surface area (Å²) in [4.78, 5) is 18.2. The van der Waals surface area contributed by atoms with Crippen molar-refractivity contribution < 1.29 is 17.6 Å². The van der Waals surface area contributed by atoms with Gasteiger partial charge in [-0.1, -0.05) is 12.1 Å². The maximum absolute atomic E-state index is 13.2. The minimum absolute atomic E-state index is 0.270. The first-order valence-corrected chi connectivity index (χ1v) is 12.8. The molecule has 10 nitrogen and oxygen atoms in total. The molecule has 1 aromatic carbocycles. The molecule has 4 heterocycles. The molecule has 0 bridgehead atoms. The van der Waals surface area contributed by atoms with Crippen LogP contribution in [0.2, 0.25) is 0 Å². The van der Waals surface area contributed by atoms with Crippen molar-refractivity contribution in [1.29, 1.82) is 0 Å². The van der Waals surface area contributed by atoms with Crippen LogP contribution in [0.1, 0.15) is 11.6 Å². The number of rotatable bonds is 5.